The molecule has 2 heterocycles. The lowest BCUT2D eigenvalue weighted by atomic mass is 10.1. The van der Waals surface area contributed by atoms with Crippen LogP contribution in [0.15, 0.2) is 40.1 Å². The van der Waals surface area contributed by atoms with Crippen molar-refractivity contribution in [2.24, 2.45) is 0 Å². The van der Waals surface area contributed by atoms with Crippen LogP contribution in [0.25, 0.3) is 22.2 Å². The van der Waals surface area contributed by atoms with Crippen molar-refractivity contribution in [1.29, 1.82) is 0 Å². The first-order valence-corrected chi connectivity index (χ1v) is 6.81. The average Bonchev–Trinajstić information content (AvgIpc) is 3.07. The number of carboxylic acids is 1. The number of hydrogen-bond donors (Lipinski definition) is 1. The lowest BCUT2D eigenvalue weighted by molar-refractivity contribution is 0.0697. The number of thiophene rings is 1. The molecule has 3 aromatic rings. The SMILES string of the molecule is O=C(O)c1cccc(-c2nnc(-c3sccc3Cl)o2)c1. The molecule has 20 heavy (non-hydrogen) atoms. The van der Waals surface area contributed by atoms with Gasteiger partial charge in [-0.05, 0) is 29.6 Å². The molecule has 0 spiro atoms. The molecule has 0 radical (unpaired) electrons. The first-order chi connectivity index (χ1) is 9.65. The largest absolute Gasteiger partial charge is 0.478 e. The topological polar surface area (TPSA) is 76.2 Å². The summed E-state index contributed by atoms with van der Waals surface area (Å²) in [5.41, 5.74) is 0.715. The number of rotatable bonds is 3. The summed E-state index contributed by atoms with van der Waals surface area (Å²) in [6.07, 6.45) is 0. The number of carbonyl (C=O) groups is 1. The molecular formula is C13H7ClN2O3S. The molecule has 5 nitrogen and oxygen atoms in total. The molecule has 100 valence electrons. The predicted octanol–water partition coefficient (Wildman–Crippen LogP) is 3.82. The van der Waals surface area contributed by atoms with Crippen LogP contribution in [0.5, 0.6) is 0 Å². The standard InChI is InChI=1S/C13H7ClN2O3S/c14-9-4-5-20-10(9)12-16-15-11(19-12)7-2-1-3-8(6-7)13(17)18/h1-6H,(H,17,18). The van der Waals surface area contributed by atoms with Crippen LogP contribution in [0, 0.1) is 0 Å². The van der Waals surface area contributed by atoms with Gasteiger partial charge in [0.2, 0.25) is 5.89 Å². The van der Waals surface area contributed by atoms with Crippen LogP contribution in [0.4, 0.5) is 0 Å². The van der Waals surface area contributed by atoms with E-state index in [2.05, 4.69) is 10.2 Å². The predicted molar refractivity (Wildman–Crippen MR) is 75.0 cm³/mol. The van der Waals surface area contributed by atoms with Crippen molar-refractivity contribution < 1.29 is 14.3 Å². The molecule has 3 rings (SSSR count). The second-order valence-electron chi connectivity index (χ2n) is 3.90. The zero-order chi connectivity index (χ0) is 14.1. The molecule has 0 aliphatic rings. The van der Waals surface area contributed by atoms with E-state index in [4.69, 9.17) is 21.1 Å². The molecule has 1 N–H and O–H groups in total. The van der Waals surface area contributed by atoms with Gasteiger partial charge in [-0.3, -0.25) is 0 Å². The quantitative estimate of drug-likeness (QED) is 0.796. The summed E-state index contributed by atoms with van der Waals surface area (Å²) in [4.78, 5) is 11.6. The van der Waals surface area contributed by atoms with E-state index in [0.29, 0.717) is 21.4 Å². The molecule has 0 saturated heterocycles. The van der Waals surface area contributed by atoms with Crippen LogP contribution >= 0.6 is 22.9 Å². The Morgan fingerprint density at radius 3 is 2.75 bits per heavy atom. The molecule has 0 bridgehead atoms. The fourth-order valence-electron chi connectivity index (χ4n) is 1.66. The molecule has 1 aromatic carbocycles. The summed E-state index contributed by atoms with van der Waals surface area (Å²) in [7, 11) is 0. The second kappa shape index (κ2) is 5.07. The minimum absolute atomic E-state index is 0.163. The van der Waals surface area contributed by atoms with Gasteiger partial charge in [-0.2, -0.15) is 0 Å². The van der Waals surface area contributed by atoms with Gasteiger partial charge in [0.1, 0.15) is 4.88 Å². The molecule has 7 heteroatoms. The van der Waals surface area contributed by atoms with E-state index in [1.807, 2.05) is 5.38 Å². The van der Waals surface area contributed by atoms with Crippen molar-refractivity contribution in [3.05, 3.63) is 46.3 Å². The molecule has 0 fully saturated rings. The van der Waals surface area contributed by atoms with Crippen molar-refractivity contribution in [3.8, 4) is 22.2 Å². The first-order valence-electron chi connectivity index (χ1n) is 5.56. The molecule has 2 aromatic heterocycles. The van der Waals surface area contributed by atoms with Gasteiger partial charge in [0, 0.05) is 5.56 Å². The highest BCUT2D eigenvalue weighted by molar-refractivity contribution is 7.14. The van der Waals surface area contributed by atoms with Crippen molar-refractivity contribution in [1.82, 2.24) is 10.2 Å². The second-order valence-corrected chi connectivity index (χ2v) is 5.22. The summed E-state index contributed by atoms with van der Waals surface area (Å²) in [5, 5.41) is 19.2. The molecule has 0 saturated carbocycles. The van der Waals surface area contributed by atoms with Crippen molar-refractivity contribution in [3.63, 3.8) is 0 Å². The highest BCUT2D eigenvalue weighted by atomic mass is 35.5. The molecule has 0 aliphatic heterocycles. The molecule has 0 atom stereocenters. The Balaban J connectivity index is 2.00. The Hall–Kier alpha value is -2.18. The van der Waals surface area contributed by atoms with Gasteiger partial charge in [0.15, 0.2) is 0 Å². The monoisotopic (exact) mass is 306 g/mol. The first kappa shape index (κ1) is 12.8. The van der Waals surface area contributed by atoms with Crippen LogP contribution < -0.4 is 0 Å². The molecule has 0 unspecified atom stereocenters. The molecule has 0 amide bonds. The van der Waals surface area contributed by atoms with E-state index < -0.39 is 5.97 Å². The van der Waals surface area contributed by atoms with Crippen molar-refractivity contribution >= 4 is 28.9 Å². The maximum Gasteiger partial charge on any atom is 0.335 e. The van der Waals surface area contributed by atoms with E-state index in [0.717, 1.165) is 0 Å². The van der Waals surface area contributed by atoms with Crippen molar-refractivity contribution in [2.75, 3.05) is 0 Å². The number of aromatic carboxylic acids is 1. The molecule has 0 aliphatic carbocycles. The summed E-state index contributed by atoms with van der Waals surface area (Å²) >= 11 is 7.40. The summed E-state index contributed by atoms with van der Waals surface area (Å²) in [6, 6.07) is 8.06. The van der Waals surface area contributed by atoms with E-state index in [1.54, 1.807) is 18.2 Å². The summed E-state index contributed by atoms with van der Waals surface area (Å²) in [6.45, 7) is 0. The van der Waals surface area contributed by atoms with Crippen LogP contribution in [0.2, 0.25) is 5.02 Å². The lowest BCUT2D eigenvalue weighted by Crippen LogP contribution is -1.95. The Bertz CT molecular complexity index is 781. The minimum Gasteiger partial charge on any atom is -0.478 e. The third-order valence-electron chi connectivity index (χ3n) is 2.59. The van der Waals surface area contributed by atoms with Crippen molar-refractivity contribution in [2.45, 2.75) is 0 Å². The minimum atomic E-state index is -1.01. The number of halogens is 1. The van der Waals surface area contributed by atoms with E-state index in [-0.39, 0.29) is 11.5 Å². The third-order valence-corrected chi connectivity index (χ3v) is 3.92. The average molecular weight is 307 g/mol. The smallest absolute Gasteiger partial charge is 0.335 e. The zero-order valence-electron chi connectivity index (χ0n) is 9.91. The van der Waals surface area contributed by atoms with Gasteiger partial charge in [-0.15, -0.1) is 21.5 Å². The Labute approximate surface area is 122 Å². The Morgan fingerprint density at radius 2 is 2.05 bits per heavy atom. The highest BCUT2D eigenvalue weighted by Crippen LogP contribution is 2.33. The Morgan fingerprint density at radius 1 is 1.25 bits per heavy atom. The summed E-state index contributed by atoms with van der Waals surface area (Å²) < 4.78 is 5.54. The van der Waals surface area contributed by atoms with E-state index in [9.17, 15) is 4.79 Å². The summed E-state index contributed by atoms with van der Waals surface area (Å²) in [5.74, 6) is -0.429. The van der Waals surface area contributed by atoms with Gasteiger partial charge >= 0.3 is 5.97 Å². The van der Waals surface area contributed by atoms with E-state index in [1.165, 1.54) is 23.5 Å². The Kier molecular flexibility index (Phi) is 3.25. The maximum absolute atomic E-state index is 10.9. The van der Waals surface area contributed by atoms with Gasteiger partial charge in [-0.25, -0.2) is 4.79 Å². The van der Waals surface area contributed by atoms with Gasteiger partial charge in [0.05, 0.1) is 10.6 Å². The van der Waals surface area contributed by atoms with Crippen LogP contribution in [-0.4, -0.2) is 21.3 Å². The highest BCUT2D eigenvalue weighted by Gasteiger charge is 2.15. The number of benzene rings is 1. The zero-order valence-corrected chi connectivity index (χ0v) is 11.5. The normalized spacial score (nSPS) is 10.7. The number of hydrogen-bond acceptors (Lipinski definition) is 5. The number of nitrogens with zero attached hydrogens (tertiary/aromatic N) is 2. The van der Waals surface area contributed by atoms with Crippen LogP contribution in [-0.2, 0) is 0 Å². The van der Waals surface area contributed by atoms with Gasteiger partial charge in [0.25, 0.3) is 5.89 Å². The number of carboxylic acid groups (broad SMARTS) is 1. The van der Waals surface area contributed by atoms with Gasteiger partial charge < -0.3 is 9.52 Å². The lowest BCUT2D eigenvalue weighted by Gasteiger charge is -1.97. The maximum atomic E-state index is 10.9. The fourth-order valence-corrected chi connectivity index (χ4v) is 2.72. The molecular weight excluding hydrogens is 300 g/mol. The third kappa shape index (κ3) is 2.31. The fraction of sp³-hybridized carbons (Fsp3) is 0. The van der Waals surface area contributed by atoms with Gasteiger partial charge in [-0.1, -0.05) is 17.7 Å². The van der Waals surface area contributed by atoms with Crippen LogP contribution in [0.1, 0.15) is 10.4 Å². The van der Waals surface area contributed by atoms with Crippen LogP contribution in [0.3, 0.4) is 0 Å². The number of aromatic nitrogens is 2. The van der Waals surface area contributed by atoms with E-state index >= 15 is 0 Å².